The molecule has 0 saturated carbocycles. The maximum absolute atomic E-state index is 10.1. The summed E-state index contributed by atoms with van der Waals surface area (Å²) < 4.78 is 0. The summed E-state index contributed by atoms with van der Waals surface area (Å²) >= 11 is 1.96. The fraction of sp³-hybridized carbons (Fsp3) is 0.625. The van der Waals surface area contributed by atoms with E-state index in [4.69, 9.17) is 0 Å². The number of rotatable bonds is 3. The van der Waals surface area contributed by atoms with E-state index in [0.29, 0.717) is 12.3 Å². The third kappa shape index (κ3) is 1.87. The van der Waals surface area contributed by atoms with Crippen molar-refractivity contribution >= 4 is 18.0 Å². The lowest BCUT2D eigenvalue weighted by Gasteiger charge is -2.07. The lowest BCUT2D eigenvalue weighted by atomic mass is 9.98. The smallest absolute Gasteiger partial charge is 0.124 e. The average molecular weight is 156 g/mol. The predicted molar refractivity (Wildman–Crippen MR) is 45.3 cm³/mol. The van der Waals surface area contributed by atoms with Crippen molar-refractivity contribution < 1.29 is 4.79 Å². The zero-order chi connectivity index (χ0) is 7.40. The summed E-state index contributed by atoms with van der Waals surface area (Å²) in [7, 11) is 0. The number of allylic oxidation sites excluding steroid dienone is 1. The summed E-state index contributed by atoms with van der Waals surface area (Å²) in [6.45, 7) is 3.88. The molecule has 0 radical (unpaired) electrons. The van der Waals surface area contributed by atoms with Crippen molar-refractivity contribution in [2.75, 3.05) is 11.5 Å². The van der Waals surface area contributed by atoms with Crippen molar-refractivity contribution in [1.29, 1.82) is 0 Å². The molecule has 1 saturated heterocycles. The van der Waals surface area contributed by atoms with Crippen molar-refractivity contribution in [1.82, 2.24) is 0 Å². The molecule has 1 unspecified atom stereocenters. The molecular formula is C8H12OS. The molecule has 1 nitrogen and oxygen atoms in total. The van der Waals surface area contributed by atoms with Gasteiger partial charge in [0, 0.05) is 6.42 Å². The molecule has 0 bridgehead atoms. The van der Waals surface area contributed by atoms with Gasteiger partial charge >= 0.3 is 0 Å². The largest absolute Gasteiger partial charge is 0.303 e. The summed E-state index contributed by atoms with van der Waals surface area (Å²) in [5.41, 5.74) is 1.12. The van der Waals surface area contributed by atoms with Gasteiger partial charge in [0.2, 0.25) is 0 Å². The Morgan fingerprint density at radius 3 is 3.10 bits per heavy atom. The maximum atomic E-state index is 10.1. The average Bonchev–Trinajstić information content (AvgIpc) is 2.38. The van der Waals surface area contributed by atoms with Gasteiger partial charge in [-0.25, -0.2) is 0 Å². The summed E-state index contributed by atoms with van der Waals surface area (Å²) in [6, 6.07) is 0. The fourth-order valence-corrected chi connectivity index (χ4v) is 2.43. The quantitative estimate of drug-likeness (QED) is 0.458. The summed E-state index contributed by atoms with van der Waals surface area (Å²) in [6.07, 6.45) is 2.73. The zero-order valence-corrected chi connectivity index (χ0v) is 6.82. The van der Waals surface area contributed by atoms with Gasteiger partial charge in [-0.3, -0.25) is 0 Å². The van der Waals surface area contributed by atoms with E-state index in [1.165, 1.54) is 17.9 Å². The van der Waals surface area contributed by atoms with E-state index in [1.54, 1.807) is 0 Å². The van der Waals surface area contributed by atoms with Crippen molar-refractivity contribution in [3.8, 4) is 0 Å². The van der Waals surface area contributed by atoms with Gasteiger partial charge in [0.05, 0.1) is 0 Å². The second kappa shape index (κ2) is 3.81. The molecular weight excluding hydrogens is 144 g/mol. The lowest BCUT2D eigenvalue weighted by molar-refractivity contribution is -0.107. The highest BCUT2D eigenvalue weighted by molar-refractivity contribution is 7.99. The highest BCUT2D eigenvalue weighted by atomic mass is 32.2. The molecule has 1 heterocycles. The minimum absolute atomic E-state index is 0.561. The number of hydrogen-bond acceptors (Lipinski definition) is 2. The Morgan fingerprint density at radius 2 is 2.60 bits per heavy atom. The first-order valence-corrected chi connectivity index (χ1v) is 4.69. The number of carbonyl (C=O) groups is 1. The van der Waals surface area contributed by atoms with E-state index in [-0.39, 0.29) is 0 Å². The molecule has 0 amide bonds. The highest BCUT2D eigenvalue weighted by Crippen LogP contribution is 2.29. The molecule has 1 atom stereocenters. The second-order valence-corrected chi connectivity index (χ2v) is 3.74. The standard InChI is InChI=1S/C8H12OS/c1-7(2-4-9)8-3-5-10-6-8/h4,8H,1-3,5-6H2. The van der Waals surface area contributed by atoms with Crippen LogP contribution in [-0.2, 0) is 4.79 Å². The van der Waals surface area contributed by atoms with Crippen LogP contribution in [0.4, 0.5) is 0 Å². The molecule has 1 fully saturated rings. The Bertz CT molecular complexity index is 136. The molecule has 10 heavy (non-hydrogen) atoms. The fourth-order valence-electron chi connectivity index (χ4n) is 1.13. The van der Waals surface area contributed by atoms with E-state index in [0.717, 1.165) is 11.9 Å². The number of thioether (sulfide) groups is 1. The second-order valence-electron chi connectivity index (χ2n) is 2.59. The Hall–Kier alpha value is -0.240. The van der Waals surface area contributed by atoms with E-state index < -0.39 is 0 Å². The van der Waals surface area contributed by atoms with Gasteiger partial charge < -0.3 is 4.79 Å². The molecule has 1 rings (SSSR count). The Morgan fingerprint density at radius 1 is 1.80 bits per heavy atom. The Balaban J connectivity index is 2.32. The number of aldehydes is 1. The number of carbonyl (C=O) groups excluding carboxylic acids is 1. The molecule has 0 aromatic carbocycles. The van der Waals surface area contributed by atoms with Gasteiger partial charge in [0.1, 0.15) is 6.29 Å². The van der Waals surface area contributed by atoms with Crippen LogP contribution >= 0.6 is 11.8 Å². The first kappa shape index (κ1) is 7.86. The maximum Gasteiger partial charge on any atom is 0.124 e. The van der Waals surface area contributed by atoms with Crippen molar-refractivity contribution in [2.45, 2.75) is 12.8 Å². The molecule has 0 spiro atoms. The zero-order valence-electron chi connectivity index (χ0n) is 6.01. The van der Waals surface area contributed by atoms with Crippen LogP contribution in [0.5, 0.6) is 0 Å². The highest BCUT2D eigenvalue weighted by Gasteiger charge is 2.17. The molecule has 0 aromatic heterocycles. The normalized spacial score (nSPS) is 24.6. The molecule has 2 heteroatoms. The van der Waals surface area contributed by atoms with Gasteiger partial charge in [0.25, 0.3) is 0 Å². The van der Waals surface area contributed by atoms with Gasteiger partial charge in [-0.15, -0.1) is 0 Å². The SMILES string of the molecule is C=C(CC=O)C1CCSC1. The predicted octanol–water partition coefficient (Wildman–Crippen LogP) is 1.88. The van der Waals surface area contributed by atoms with E-state index >= 15 is 0 Å². The van der Waals surface area contributed by atoms with Crippen LogP contribution in [0.1, 0.15) is 12.8 Å². The van der Waals surface area contributed by atoms with Crippen LogP contribution in [0.15, 0.2) is 12.2 Å². The molecule has 1 aliphatic heterocycles. The third-order valence-corrected chi connectivity index (χ3v) is 3.02. The first-order valence-electron chi connectivity index (χ1n) is 3.53. The van der Waals surface area contributed by atoms with Crippen molar-refractivity contribution in [3.05, 3.63) is 12.2 Å². The van der Waals surface area contributed by atoms with Crippen LogP contribution < -0.4 is 0 Å². The van der Waals surface area contributed by atoms with Crippen LogP contribution in [0.3, 0.4) is 0 Å². The van der Waals surface area contributed by atoms with E-state index in [1.807, 2.05) is 11.8 Å². The minimum atomic E-state index is 0.561. The molecule has 1 aliphatic rings. The van der Waals surface area contributed by atoms with Crippen LogP contribution in [0.2, 0.25) is 0 Å². The van der Waals surface area contributed by atoms with Gasteiger partial charge in [-0.2, -0.15) is 11.8 Å². The monoisotopic (exact) mass is 156 g/mol. The van der Waals surface area contributed by atoms with Gasteiger partial charge in [-0.05, 0) is 23.8 Å². The minimum Gasteiger partial charge on any atom is -0.303 e. The molecule has 56 valence electrons. The Labute approximate surface area is 65.9 Å². The molecule has 0 aromatic rings. The summed E-state index contributed by atoms with van der Waals surface area (Å²) in [5.74, 6) is 3.03. The summed E-state index contributed by atoms with van der Waals surface area (Å²) in [4.78, 5) is 10.1. The van der Waals surface area contributed by atoms with Gasteiger partial charge in [-0.1, -0.05) is 12.2 Å². The molecule has 0 aliphatic carbocycles. The molecule has 0 N–H and O–H groups in total. The lowest BCUT2D eigenvalue weighted by Crippen LogP contribution is -2.01. The van der Waals surface area contributed by atoms with E-state index in [2.05, 4.69) is 6.58 Å². The van der Waals surface area contributed by atoms with Crippen molar-refractivity contribution in [3.63, 3.8) is 0 Å². The third-order valence-electron chi connectivity index (χ3n) is 1.85. The van der Waals surface area contributed by atoms with Crippen LogP contribution in [0.25, 0.3) is 0 Å². The van der Waals surface area contributed by atoms with Crippen LogP contribution in [-0.4, -0.2) is 17.8 Å². The topological polar surface area (TPSA) is 17.1 Å². The number of hydrogen-bond donors (Lipinski definition) is 0. The van der Waals surface area contributed by atoms with Crippen LogP contribution in [0, 0.1) is 5.92 Å². The summed E-state index contributed by atoms with van der Waals surface area (Å²) in [5, 5.41) is 0. The van der Waals surface area contributed by atoms with Crippen molar-refractivity contribution in [2.24, 2.45) is 5.92 Å². The first-order chi connectivity index (χ1) is 4.84. The van der Waals surface area contributed by atoms with Gasteiger partial charge in [0.15, 0.2) is 0 Å². The van der Waals surface area contributed by atoms with E-state index in [9.17, 15) is 4.79 Å². The Kier molecular flexibility index (Phi) is 3.00.